The van der Waals surface area contributed by atoms with Crippen molar-refractivity contribution in [2.24, 2.45) is 15.3 Å². The van der Waals surface area contributed by atoms with E-state index in [1.54, 1.807) is 6.21 Å². The fourth-order valence-corrected chi connectivity index (χ4v) is 2.85. The summed E-state index contributed by atoms with van der Waals surface area (Å²) in [6.45, 7) is 0. The van der Waals surface area contributed by atoms with E-state index in [4.69, 9.17) is 0 Å². The minimum Gasteiger partial charge on any atom is -0.466 e. The van der Waals surface area contributed by atoms with Crippen molar-refractivity contribution in [2.45, 2.75) is 0 Å². The van der Waals surface area contributed by atoms with Crippen molar-refractivity contribution in [1.29, 1.82) is 0 Å². The van der Waals surface area contributed by atoms with Crippen LogP contribution in [0.2, 0.25) is 0 Å². The van der Waals surface area contributed by atoms with Gasteiger partial charge in [0.15, 0.2) is 0 Å². The number of esters is 1. The van der Waals surface area contributed by atoms with Crippen molar-refractivity contribution in [3.8, 4) is 0 Å². The number of amidine groups is 1. The lowest BCUT2D eigenvalue weighted by atomic mass is 10.3. The molecular weight excluding hydrogens is 352 g/mol. The Labute approximate surface area is 154 Å². The Hall–Kier alpha value is -3.00. The highest BCUT2D eigenvalue weighted by molar-refractivity contribution is 8.18. The number of rotatable bonds is 5. The van der Waals surface area contributed by atoms with Gasteiger partial charge >= 0.3 is 5.97 Å². The molecule has 1 fully saturated rings. The average molecular weight is 366 g/mol. The summed E-state index contributed by atoms with van der Waals surface area (Å²) in [5.41, 5.74) is 1.73. The lowest BCUT2D eigenvalue weighted by Gasteiger charge is -2.06. The zero-order chi connectivity index (χ0) is 18.4. The van der Waals surface area contributed by atoms with Gasteiger partial charge in [-0.15, -0.1) is 5.10 Å². The summed E-state index contributed by atoms with van der Waals surface area (Å²) in [5, 5.41) is 13.6. The van der Waals surface area contributed by atoms with E-state index in [1.165, 1.54) is 13.3 Å². The molecule has 0 spiro atoms. The van der Waals surface area contributed by atoms with E-state index in [0.717, 1.165) is 34.0 Å². The largest absolute Gasteiger partial charge is 0.466 e. The molecular formula is C18H14N4O3S. The molecule has 8 heteroatoms. The first-order valence-corrected chi connectivity index (χ1v) is 8.39. The molecule has 2 aliphatic carbocycles. The number of amides is 1. The molecule has 2 radical (unpaired) electrons. The third-order valence-corrected chi connectivity index (χ3v) is 4.23. The third kappa shape index (κ3) is 4.34. The molecule has 3 rings (SSSR count). The van der Waals surface area contributed by atoms with Gasteiger partial charge in [-0.05, 0) is 22.9 Å². The Kier molecular flexibility index (Phi) is 5.75. The minimum atomic E-state index is -0.623. The first-order valence-electron chi connectivity index (χ1n) is 7.58. The fourth-order valence-electron chi connectivity index (χ4n) is 2.02. The van der Waals surface area contributed by atoms with Crippen LogP contribution in [0.15, 0.2) is 73.9 Å². The van der Waals surface area contributed by atoms with Crippen LogP contribution in [0.5, 0.6) is 0 Å². The fraction of sp³-hybridized carbons (Fsp3) is 0.0556. The number of hydrazone groups is 1. The van der Waals surface area contributed by atoms with E-state index in [9.17, 15) is 9.59 Å². The Morgan fingerprint density at radius 1 is 1.19 bits per heavy atom. The van der Waals surface area contributed by atoms with E-state index in [-0.39, 0.29) is 10.1 Å². The van der Waals surface area contributed by atoms with Gasteiger partial charge in [0.25, 0.3) is 5.91 Å². The Morgan fingerprint density at radius 2 is 2.08 bits per heavy atom. The number of carbonyl (C=O) groups excluding carboxylic acids is 2. The standard InChI is InChI=1S/C18H14N4O3S/c1-25-16(23)10-15-17(24)22(20-12-14-8-4-5-9-14)18(26-15)21-19-11-13-6-2-3-7-13/h2-12H,1H3/b15-10+,19-11+,20-12+,21-18-. The molecule has 1 aliphatic heterocycles. The molecule has 0 bridgehead atoms. The molecule has 1 heterocycles. The summed E-state index contributed by atoms with van der Waals surface area (Å²) in [5.74, 6) is -1.09. The summed E-state index contributed by atoms with van der Waals surface area (Å²) in [6.07, 6.45) is 19.2. The maximum atomic E-state index is 12.5. The highest BCUT2D eigenvalue weighted by Gasteiger charge is 2.34. The van der Waals surface area contributed by atoms with Crippen molar-refractivity contribution < 1.29 is 14.3 Å². The van der Waals surface area contributed by atoms with Crippen molar-refractivity contribution in [3.05, 3.63) is 71.4 Å². The summed E-state index contributed by atoms with van der Waals surface area (Å²) < 4.78 is 4.57. The van der Waals surface area contributed by atoms with Crippen molar-refractivity contribution in [2.75, 3.05) is 7.11 Å². The number of methoxy groups -OCH3 is 1. The monoisotopic (exact) mass is 366 g/mol. The number of nitrogens with zero attached hydrogens (tertiary/aromatic N) is 4. The second-order valence-electron chi connectivity index (χ2n) is 5.06. The van der Waals surface area contributed by atoms with Crippen LogP contribution in [0.3, 0.4) is 0 Å². The van der Waals surface area contributed by atoms with Gasteiger partial charge in [-0.1, -0.05) is 36.5 Å². The maximum Gasteiger partial charge on any atom is 0.331 e. The van der Waals surface area contributed by atoms with Gasteiger partial charge in [-0.2, -0.15) is 15.2 Å². The molecule has 26 heavy (non-hydrogen) atoms. The van der Waals surface area contributed by atoms with Crippen LogP contribution in [0, 0.1) is 12.8 Å². The lowest BCUT2D eigenvalue weighted by Crippen LogP contribution is -2.23. The number of allylic oxidation sites excluding steroid dienone is 8. The molecule has 0 N–H and O–H groups in total. The van der Waals surface area contributed by atoms with E-state index >= 15 is 0 Å². The second-order valence-corrected chi connectivity index (χ2v) is 6.07. The third-order valence-electron chi connectivity index (χ3n) is 3.29. The highest BCUT2D eigenvalue weighted by Crippen LogP contribution is 2.31. The SMILES string of the molecule is COC(=O)/C=C1/S/C(=N\N=C\C2=C[CH]C=C2)N(/N=C/C2=CC=C[CH]2)C1=O. The van der Waals surface area contributed by atoms with Gasteiger partial charge in [-0.3, -0.25) is 4.79 Å². The molecule has 130 valence electrons. The topological polar surface area (TPSA) is 83.7 Å². The second kappa shape index (κ2) is 8.39. The number of carbonyl (C=O) groups is 2. The maximum absolute atomic E-state index is 12.5. The summed E-state index contributed by atoms with van der Waals surface area (Å²) in [7, 11) is 1.24. The van der Waals surface area contributed by atoms with Crippen LogP contribution in [0.1, 0.15) is 0 Å². The average Bonchev–Trinajstić information content (AvgIpc) is 3.38. The summed E-state index contributed by atoms with van der Waals surface area (Å²) in [4.78, 5) is 24.1. The van der Waals surface area contributed by atoms with Crippen LogP contribution in [0.4, 0.5) is 0 Å². The van der Waals surface area contributed by atoms with Gasteiger partial charge in [0.2, 0.25) is 5.17 Å². The quantitative estimate of drug-likeness (QED) is 0.324. The highest BCUT2D eigenvalue weighted by atomic mass is 32.2. The Balaban J connectivity index is 1.82. The first-order chi connectivity index (χ1) is 12.7. The number of hydrogen-bond donors (Lipinski definition) is 0. The molecule has 1 saturated heterocycles. The molecule has 0 saturated carbocycles. The molecule has 0 unspecified atom stereocenters. The normalized spacial score (nSPS) is 22.5. The van der Waals surface area contributed by atoms with E-state index in [0.29, 0.717) is 0 Å². The van der Waals surface area contributed by atoms with Gasteiger partial charge in [0.1, 0.15) is 0 Å². The van der Waals surface area contributed by atoms with Gasteiger partial charge < -0.3 is 4.74 Å². The summed E-state index contributed by atoms with van der Waals surface area (Å²) >= 11 is 1.00. The zero-order valence-electron chi connectivity index (χ0n) is 13.8. The van der Waals surface area contributed by atoms with Crippen LogP contribution >= 0.6 is 11.8 Å². The van der Waals surface area contributed by atoms with Crippen LogP contribution in [-0.2, 0) is 14.3 Å². The molecule has 3 aliphatic rings. The first kappa shape index (κ1) is 17.8. The Morgan fingerprint density at radius 3 is 2.77 bits per heavy atom. The molecule has 1 amide bonds. The van der Waals surface area contributed by atoms with E-state index < -0.39 is 11.9 Å². The van der Waals surface area contributed by atoms with Gasteiger partial charge in [0.05, 0.1) is 24.4 Å². The van der Waals surface area contributed by atoms with Gasteiger partial charge in [0, 0.05) is 18.9 Å². The van der Waals surface area contributed by atoms with Crippen molar-refractivity contribution >= 4 is 41.2 Å². The van der Waals surface area contributed by atoms with Crippen molar-refractivity contribution in [1.82, 2.24) is 5.01 Å². The molecule has 0 aromatic carbocycles. The van der Waals surface area contributed by atoms with Crippen LogP contribution in [0.25, 0.3) is 0 Å². The molecule has 0 aromatic heterocycles. The Bertz CT molecular complexity index is 860. The predicted molar refractivity (Wildman–Crippen MR) is 102 cm³/mol. The van der Waals surface area contributed by atoms with Crippen LogP contribution in [-0.4, -0.2) is 41.6 Å². The molecule has 7 nitrogen and oxygen atoms in total. The van der Waals surface area contributed by atoms with E-state index in [2.05, 4.69) is 20.0 Å². The number of ether oxygens (including phenoxy) is 1. The number of hydrogen-bond acceptors (Lipinski definition) is 7. The van der Waals surface area contributed by atoms with Crippen molar-refractivity contribution in [3.63, 3.8) is 0 Å². The zero-order valence-corrected chi connectivity index (χ0v) is 14.6. The molecule has 0 atom stereocenters. The number of thioether (sulfide) groups is 1. The predicted octanol–water partition coefficient (Wildman–Crippen LogP) is 2.35. The smallest absolute Gasteiger partial charge is 0.331 e. The van der Waals surface area contributed by atoms with Crippen LogP contribution < -0.4 is 0 Å². The van der Waals surface area contributed by atoms with Gasteiger partial charge in [-0.25, -0.2) is 4.79 Å². The minimum absolute atomic E-state index is 0.166. The molecule has 0 aromatic rings. The lowest BCUT2D eigenvalue weighted by molar-refractivity contribution is -0.135. The summed E-state index contributed by atoms with van der Waals surface area (Å²) in [6, 6.07) is 0. The van der Waals surface area contributed by atoms with E-state index in [1.807, 2.05) is 49.3 Å².